The first-order chi connectivity index (χ1) is 13.1. The molecule has 28 heavy (non-hydrogen) atoms. The summed E-state index contributed by atoms with van der Waals surface area (Å²) >= 11 is 0. The molecule has 0 bridgehead atoms. The van der Waals surface area contributed by atoms with Gasteiger partial charge in [0.15, 0.2) is 0 Å². The van der Waals surface area contributed by atoms with Crippen LogP contribution in [0, 0.1) is 0 Å². The lowest BCUT2D eigenvalue weighted by molar-refractivity contribution is 0.114. The van der Waals surface area contributed by atoms with Gasteiger partial charge in [0.2, 0.25) is 17.7 Å². The zero-order chi connectivity index (χ0) is 20.6. The Bertz CT molecular complexity index is 670. The molecule has 0 aliphatic heterocycles. The van der Waals surface area contributed by atoms with Gasteiger partial charge in [0.25, 0.3) is 0 Å². The number of anilines is 1. The monoisotopic (exact) mass is 443 g/mol. The summed E-state index contributed by atoms with van der Waals surface area (Å²) in [5.41, 5.74) is 0. The molecule has 0 atom stereocenters. The van der Waals surface area contributed by atoms with E-state index in [4.69, 9.17) is 38.5 Å². The summed E-state index contributed by atoms with van der Waals surface area (Å²) in [5.74, 6) is 0.635. The molecule has 15 heteroatoms. The first-order valence-corrected chi connectivity index (χ1v) is 11.9. The van der Waals surface area contributed by atoms with Gasteiger partial charge >= 0.3 is 15.2 Å². The first kappa shape index (κ1) is 23.0. The van der Waals surface area contributed by atoms with Crippen LogP contribution >= 0.6 is 15.2 Å². The Hall–Kier alpha value is -1.30. The fraction of sp³-hybridized carbons (Fsp3) is 0.692. The van der Waals surface area contributed by atoms with Crippen molar-refractivity contribution in [3.05, 3.63) is 6.07 Å². The van der Waals surface area contributed by atoms with E-state index in [1.165, 1.54) is 6.07 Å². The van der Waals surface area contributed by atoms with Gasteiger partial charge in [-0.25, -0.2) is 0 Å². The number of aromatic nitrogens is 2. The molecule has 0 aromatic carbocycles. The van der Waals surface area contributed by atoms with Crippen LogP contribution in [0.2, 0.25) is 0 Å². The third-order valence-corrected chi connectivity index (χ3v) is 4.10. The molecule has 1 aromatic rings. The van der Waals surface area contributed by atoms with E-state index >= 15 is 0 Å². The topological polar surface area (TPSA) is 190 Å². The summed E-state index contributed by atoms with van der Waals surface area (Å²) in [7, 11) is -8.45. The van der Waals surface area contributed by atoms with E-state index in [1.54, 1.807) is 0 Å². The van der Waals surface area contributed by atoms with Crippen molar-refractivity contribution in [3.63, 3.8) is 0 Å². The van der Waals surface area contributed by atoms with Crippen molar-refractivity contribution in [2.75, 3.05) is 44.4 Å². The maximum absolute atomic E-state index is 10.7. The maximum Gasteiger partial charge on any atom is 0.350 e. The highest BCUT2D eigenvalue weighted by Gasteiger charge is 2.22. The molecule has 1 aliphatic rings. The zero-order valence-corrected chi connectivity index (χ0v) is 16.6. The second kappa shape index (κ2) is 10.5. The SMILES string of the molecule is O=P(O)(O)COCCOc1cc(OCCOCP(=O)(O)O)nc(NC2CC2)n1. The first-order valence-electron chi connectivity index (χ1n) is 8.26. The summed E-state index contributed by atoms with van der Waals surface area (Å²) in [6.07, 6.45) is 0.601. The molecule has 0 radical (unpaired) electrons. The summed E-state index contributed by atoms with van der Waals surface area (Å²) in [5, 5.41) is 3.09. The number of hydrogen-bond acceptors (Lipinski definition) is 9. The van der Waals surface area contributed by atoms with E-state index < -0.39 is 27.9 Å². The Morgan fingerprint density at radius 3 is 1.75 bits per heavy atom. The van der Waals surface area contributed by atoms with E-state index in [0.29, 0.717) is 5.95 Å². The summed E-state index contributed by atoms with van der Waals surface area (Å²) in [6, 6.07) is 1.69. The Morgan fingerprint density at radius 1 is 0.893 bits per heavy atom. The van der Waals surface area contributed by atoms with Gasteiger partial charge < -0.3 is 43.8 Å². The van der Waals surface area contributed by atoms with Crippen molar-refractivity contribution in [1.29, 1.82) is 0 Å². The van der Waals surface area contributed by atoms with E-state index in [0.717, 1.165) is 12.8 Å². The van der Waals surface area contributed by atoms with Gasteiger partial charge in [0, 0.05) is 6.04 Å². The second-order valence-electron chi connectivity index (χ2n) is 5.89. The molecule has 2 rings (SSSR count). The lowest BCUT2D eigenvalue weighted by Gasteiger charge is -2.12. The van der Waals surface area contributed by atoms with E-state index in [1.807, 2.05) is 0 Å². The fourth-order valence-corrected chi connectivity index (χ4v) is 2.54. The summed E-state index contributed by atoms with van der Waals surface area (Å²) < 4.78 is 41.8. The van der Waals surface area contributed by atoms with Crippen LogP contribution in [0.25, 0.3) is 0 Å². The average molecular weight is 443 g/mol. The highest BCUT2D eigenvalue weighted by atomic mass is 31.2. The molecule has 0 saturated heterocycles. The minimum atomic E-state index is -4.23. The average Bonchev–Trinajstić information content (AvgIpc) is 3.36. The number of hydrogen-bond donors (Lipinski definition) is 5. The molecule has 0 unspecified atom stereocenters. The third-order valence-electron chi connectivity index (χ3n) is 3.06. The molecule has 1 aromatic heterocycles. The Balaban J connectivity index is 1.82. The van der Waals surface area contributed by atoms with Gasteiger partial charge in [0.1, 0.15) is 25.9 Å². The minimum Gasteiger partial charge on any atom is -0.475 e. The molecule has 13 nitrogen and oxygen atoms in total. The maximum atomic E-state index is 10.7. The van der Waals surface area contributed by atoms with Crippen molar-refractivity contribution >= 4 is 21.1 Å². The van der Waals surface area contributed by atoms with E-state index in [-0.39, 0.29) is 44.2 Å². The van der Waals surface area contributed by atoms with Gasteiger partial charge in [0.05, 0.1) is 19.3 Å². The molecular weight excluding hydrogens is 420 g/mol. The number of nitrogens with one attached hydrogen (secondary N) is 1. The number of nitrogens with zero attached hydrogens (tertiary/aromatic N) is 2. The van der Waals surface area contributed by atoms with Crippen molar-refractivity contribution in [3.8, 4) is 11.8 Å². The van der Waals surface area contributed by atoms with Crippen molar-refractivity contribution in [1.82, 2.24) is 9.97 Å². The Morgan fingerprint density at radius 2 is 1.36 bits per heavy atom. The molecule has 0 amide bonds. The normalized spacial score (nSPS) is 14.7. The predicted molar refractivity (Wildman–Crippen MR) is 95.4 cm³/mol. The lowest BCUT2D eigenvalue weighted by atomic mass is 10.5. The zero-order valence-electron chi connectivity index (χ0n) is 14.8. The van der Waals surface area contributed by atoms with Crippen LogP contribution in [0.15, 0.2) is 6.07 Å². The highest BCUT2D eigenvalue weighted by molar-refractivity contribution is 7.51. The van der Waals surface area contributed by atoms with Crippen LogP contribution < -0.4 is 14.8 Å². The predicted octanol–water partition coefficient (Wildman–Crippen LogP) is 0.112. The van der Waals surface area contributed by atoms with Gasteiger partial charge in [-0.2, -0.15) is 9.97 Å². The van der Waals surface area contributed by atoms with Crippen LogP contribution in [0.5, 0.6) is 11.8 Å². The molecule has 1 saturated carbocycles. The Kier molecular flexibility index (Phi) is 8.59. The van der Waals surface area contributed by atoms with Crippen LogP contribution in [-0.4, -0.2) is 74.7 Å². The number of rotatable bonds is 14. The third kappa shape index (κ3) is 10.9. The molecule has 160 valence electrons. The highest BCUT2D eigenvalue weighted by Crippen LogP contribution is 2.34. The van der Waals surface area contributed by atoms with Gasteiger partial charge in [-0.1, -0.05) is 0 Å². The van der Waals surface area contributed by atoms with Crippen LogP contribution in [0.1, 0.15) is 12.8 Å². The molecular formula is C13H23N3O10P2. The molecule has 1 aliphatic carbocycles. The largest absolute Gasteiger partial charge is 0.475 e. The fourth-order valence-electron chi connectivity index (χ4n) is 1.80. The van der Waals surface area contributed by atoms with Crippen molar-refractivity contribution < 1.29 is 47.7 Å². The summed E-state index contributed by atoms with van der Waals surface area (Å²) in [6.45, 7) is -0.0880. The van der Waals surface area contributed by atoms with Crippen LogP contribution in [0.3, 0.4) is 0 Å². The quantitative estimate of drug-likeness (QED) is 0.193. The smallest absolute Gasteiger partial charge is 0.350 e. The number of ether oxygens (including phenoxy) is 4. The Labute approximate surface area is 160 Å². The van der Waals surface area contributed by atoms with Gasteiger partial charge in [-0.3, -0.25) is 9.13 Å². The van der Waals surface area contributed by atoms with Crippen LogP contribution in [0.4, 0.5) is 5.95 Å². The van der Waals surface area contributed by atoms with E-state index in [9.17, 15) is 9.13 Å². The molecule has 5 N–H and O–H groups in total. The summed E-state index contributed by atoms with van der Waals surface area (Å²) in [4.78, 5) is 43.2. The van der Waals surface area contributed by atoms with Crippen molar-refractivity contribution in [2.24, 2.45) is 0 Å². The molecule has 1 fully saturated rings. The second-order valence-corrected chi connectivity index (χ2v) is 9.06. The van der Waals surface area contributed by atoms with Crippen LogP contribution in [-0.2, 0) is 18.6 Å². The van der Waals surface area contributed by atoms with Gasteiger partial charge in [-0.15, -0.1) is 0 Å². The minimum absolute atomic E-state index is 0.00468. The molecule has 1 heterocycles. The van der Waals surface area contributed by atoms with E-state index in [2.05, 4.69) is 15.3 Å². The lowest BCUT2D eigenvalue weighted by Crippen LogP contribution is -2.13. The standard InChI is InChI=1S/C13H23N3O10P2/c17-27(18,19)8-23-3-5-25-11-7-12(16-13(15-11)14-10-1-2-10)26-6-4-24-9-28(20,21)22/h7,10H,1-6,8-9H2,(H,14,15,16)(H2,17,18,19)(H2,20,21,22). The van der Waals surface area contributed by atoms with Crippen molar-refractivity contribution in [2.45, 2.75) is 18.9 Å². The van der Waals surface area contributed by atoms with Gasteiger partial charge in [-0.05, 0) is 12.8 Å². The molecule has 0 spiro atoms.